The Kier molecular flexibility index (Phi) is 6.21. The zero-order valence-corrected chi connectivity index (χ0v) is 6.78. The van der Waals surface area contributed by atoms with Crippen molar-refractivity contribution in [3.05, 3.63) is 30.3 Å². The van der Waals surface area contributed by atoms with E-state index in [1.807, 2.05) is 6.07 Å². The molecule has 0 spiro atoms. The molecule has 5 nitrogen and oxygen atoms in total. The Balaban J connectivity index is 0.000000310. The van der Waals surface area contributed by atoms with E-state index < -0.39 is 14.4 Å². The number of hydrogen-bond donors (Lipinski definition) is 5. The van der Waals surface area contributed by atoms with E-state index in [0.717, 1.165) is 0 Å². The number of rotatable bonds is 1. The molecule has 0 heterocycles. The molecule has 7 heteroatoms. The first kappa shape index (κ1) is 12.1. The van der Waals surface area contributed by atoms with Gasteiger partial charge in [0.2, 0.25) is 0 Å². The molecule has 5 N–H and O–H groups in total. The summed E-state index contributed by atoms with van der Waals surface area (Å²) in [7, 11) is -3.51. The summed E-state index contributed by atoms with van der Waals surface area (Å²) in [6, 6.07) is 8.66. The van der Waals surface area contributed by atoms with E-state index in [2.05, 4.69) is 0 Å². The van der Waals surface area contributed by atoms with E-state index in [1.165, 1.54) is 0 Å². The van der Waals surface area contributed by atoms with Crippen molar-refractivity contribution < 1.29 is 25.1 Å². The highest BCUT2D eigenvalue weighted by Gasteiger charge is 2.07. The van der Waals surface area contributed by atoms with Gasteiger partial charge in [0.1, 0.15) is 0 Å². The van der Waals surface area contributed by atoms with Gasteiger partial charge in [-0.15, -0.1) is 0 Å². The lowest BCUT2D eigenvalue weighted by Gasteiger charge is -1.94. The lowest BCUT2D eigenvalue weighted by molar-refractivity contribution is 0.278. The first-order valence-electron chi connectivity index (χ1n) is 3.49. The largest absolute Gasteiger partial charge is 0.631 e. The lowest BCUT2D eigenvalue weighted by atomic mass is 9.81. The van der Waals surface area contributed by atoms with Gasteiger partial charge >= 0.3 is 14.4 Å². The molecule has 0 aliphatic carbocycles. The van der Waals surface area contributed by atoms with Gasteiger partial charge in [-0.1, -0.05) is 30.3 Å². The second-order valence-electron chi connectivity index (χ2n) is 2.13. The molecule has 0 unspecified atom stereocenters. The number of benzene rings is 1. The summed E-state index contributed by atoms with van der Waals surface area (Å²) in [5.41, 5.74) is 0.525. The van der Waals surface area contributed by atoms with Gasteiger partial charge in [0, 0.05) is 0 Å². The van der Waals surface area contributed by atoms with Gasteiger partial charge in [0.05, 0.1) is 0 Å². The zero-order chi connectivity index (χ0) is 10.3. The third-order valence-corrected chi connectivity index (χ3v) is 1.10. The minimum absolute atomic E-state index is 0.525. The Morgan fingerprint density at radius 1 is 0.769 bits per heavy atom. The average molecular weight is 184 g/mol. The fourth-order valence-electron chi connectivity index (χ4n) is 0.625. The SMILES string of the molecule is OB(O)O.OB(O)c1ccccc1. The Bertz CT molecular complexity index is 213. The molecule has 0 saturated carbocycles. The molecule has 0 radical (unpaired) electrons. The van der Waals surface area contributed by atoms with Crippen LogP contribution in [0.1, 0.15) is 0 Å². The normalized spacial score (nSPS) is 8.38. The van der Waals surface area contributed by atoms with Crippen LogP contribution in [0.25, 0.3) is 0 Å². The first-order valence-corrected chi connectivity index (χ1v) is 3.49. The van der Waals surface area contributed by atoms with Crippen LogP contribution in [0.4, 0.5) is 0 Å². The second kappa shape index (κ2) is 6.64. The molecule has 0 amide bonds. The van der Waals surface area contributed by atoms with Crippen LogP contribution in [-0.4, -0.2) is 39.6 Å². The van der Waals surface area contributed by atoms with Crippen molar-refractivity contribution in [1.82, 2.24) is 0 Å². The maximum atomic E-state index is 8.58. The molecule has 0 saturated heterocycles. The molecule has 1 aromatic rings. The maximum Gasteiger partial charge on any atom is 0.631 e. The van der Waals surface area contributed by atoms with Crippen molar-refractivity contribution in [2.75, 3.05) is 0 Å². The van der Waals surface area contributed by atoms with Crippen molar-refractivity contribution in [1.29, 1.82) is 0 Å². The Morgan fingerprint density at radius 2 is 1.15 bits per heavy atom. The lowest BCUT2D eigenvalue weighted by Crippen LogP contribution is -2.29. The Morgan fingerprint density at radius 3 is 1.38 bits per heavy atom. The fourth-order valence-corrected chi connectivity index (χ4v) is 0.625. The molecule has 1 rings (SSSR count). The zero-order valence-electron chi connectivity index (χ0n) is 6.78. The summed E-state index contributed by atoms with van der Waals surface area (Å²) in [4.78, 5) is 0. The molecule has 0 atom stereocenters. The summed E-state index contributed by atoms with van der Waals surface area (Å²) in [6.07, 6.45) is 0. The smallest absolute Gasteiger partial charge is 0.423 e. The van der Waals surface area contributed by atoms with Crippen molar-refractivity contribution in [2.45, 2.75) is 0 Å². The van der Waals surface area contributed by atoms with Gasteiger partial charge in [-0.3, -0.25) is 0 Å². The van der Waals surface area contributed by atoms with Crippen molar-refractivity contribution in [3.8, 4) is 0 Å². The molecule has 0 fully saturated rings. The van der Waals surface area contributed by atoms with Crippen LogP contribution in [0.15, 0.2) is 30.3 Å². The van der Waals surface area contributed by atoms with E-state index >= 15 is 0 Å². The molecule has 1 aromatic carbocycles. The minimum Gasteiger partial charge on any atom is -0.423 e. The van der Waals surface area contributed by atoms with Gasteiger partial charge in [0.15, 0.2) is 0 Å². The van der Waals surface area contributed by atoms with E-state index in [0.29, 0.717) is 5.46 Å². The summed E-state index contributed by atoms with van der Waals surface area (Å²) < 4.78 is 0. The predicted molar refractivity (Wildman–Crippen MR) is 48.7 cm³/mol. The van der Waals surface area contributed by atoms with E-state index in [-0.39, 0.29) is 0 Å². The summed E-state index contributed by atoms with van der Waals surface area (Å²) >= 11 is 0. The molecule has 13 heavy (non-hydrogen) atoms. The van der Waals surface area contributed by atoms with Crippen LogP contribution in [0.5, 0.6) is 0 Å². The van der Waals surface area contributed by atoms with Crippen LogP contribution in [0.3, 0.4) is 0 Å². The molecular weight excluding hydrogens is 174 g/mol. The summed E-state index contributed by atoms with van der Waals surface area (Å²) in [5.74, 6) is 0. The maximum absolute atomic E-state index is 8.58. The highest BCUT2D eigenvalue weighted by molar-refractivity contribution is 6.58. The first-order chi connectivity index (χ1) is 6.04. The minimum atomic E-state index is -2.17. The van der Waals surface area contributed by atoms with Gasteiger partial charge in [-0.25, -0.2) is 0 Å². The predicted octanol–water partition coefficient (Wildman–Crippen LogP) is -2.69. The van der Waals surface area contributed by atoms with E-state index in [1.54, 1.807) is 24.3 Å². The molecule has 0 aromatic heterocycles. The third kappa shape index (κ3) is 7.51. The highest BCUT2D eigenvalue weighted by atomic mass is 16.5. The monoisotopic (exact) mass is 184 g/mol. The summed E-state index contributed by atoms with van der Waals surface area (Å²) in [5, 5.41) is 38.7. The van der Waals surface area contributed by atoms with Gasteiger partial charge in [-0.05, 0) is 5.46 Å². The van der Waals surface area contributed by atoms with Gasteiger partial charge in [-0.2, -0.15) is 0 Å². The van der Waals surface area contributed by atoms with E-state index in [4.69, 9.17) is 25.1 Å². The Hall–Kier alpha value is -0.850. The molecule has 0 aliphatic heterocycles. The second-order valence-corrected chi connectivity index (χ2v) is 2.13. The third-order valence-electron chi connectivity index (χ3n) is 1.10. The average Bonchev–Trinajstić information content (AvgIpc) is 2.05. The Labute approximate surface area is 76.2 Å². The van der Waals surface area contributed by atoms with Gasteiger partial charge < -0.3 is 25.1 Å². The van der Waals surface area contributed by atoms with Crippen LogP contribution in [-0.2, 0) is 0 Å². The number of hydrogen-bond acceptors (Lipinski definition) is 5. The van der Waals surface area contributed by atoms with Gasteiger partial charge in [0.25, 0.3) is 0 Å². The van der Waals surface area contributed by atoms with Crippen LogP contribution in [0, 0.1) is 0 Å². The van der Waals surface area contributed by atoms with Crippen LogP contribution in [0.2, 0.25) is 0 Å². The summed E-state index contributed by atoms with van der Waals surface area (Å²) in [6.45, 7) is 0. The molecule has 70 valence electrons. The van der Waals surface area contributed by atoms with Crippen LogP contribution >= 0.6 is 0 Å². The molecule has 0 bridgehead atoms. The fraction of sp³-hybridized carbons (Fsp3) is 0. The quantitative estimate of drug-likeness (QED) is 0.306. The van der Waals surface area contributed by atoms with Crippen molar-refractivity contribution in [3.63, 3.8) is 0 Å². The van der Waals surface area contributed by atoms with Crippen LogP contribution < -0.4 is 5.46 Å². The van der Waals surface area contributed by atoms with E-state index in [9.17, 15) is 0 Å². The molecular formula is C6H10B2O5. The van der Waals surface area contributed by atoms with Crippen molar-refractivity contribution in [2.24, 2.45) is 0 Å². The topological polar surface area (TPSA) is 101 Å². The van der Waals surface area contributed by atoms with Crippen molar-refractivity contribution >= 4 is 19.9 Å². The standard InChI is InChI=1S/C6H7BO2.BH3O3/c8-7(9)6-4-2-1-3-5-6;2-1(3)4/h1-5,8-9H;2-4H. The molecule has 0 aliphatic rings. The highest BCUT2D eigenvalue weighted by Crippen LogP contribution is 1.82.